The van der Waals surface area contributed by atoms with E-state index in [-0.39, 0.29) is 0 Å². The monoisotopic (exact) mass is 177 g/mol. The number of aromatic nitrogens is 4. The Morgan fingerprint density at radius 1 is 1.54 bits per heavy atom. The molecular weight excluding hydrogens is 166 g/mol. The van der Waals surface area contributed by atoms with E-state index in [1.807, 2.05) is 0 Å². The van der Waals surface area contributed by atoms with E-state index < -0.39 is 0 Å². The molecule has 0 spiro atoms. The third kappa shape index (κ3) is 1.44. The van der Waals surface area contributed by atoms with Gasteiger partial charge in [-0.25, -0.2) is 9.50 Å². The average Bonchev–Trinajstić information content (AvgIpc) is 2.46. The summed E-state index contributed by atoms with van der Waals surface area (Å²) in [5.74, 6) is 1.43. The van der Waals surface area contributed by atoms with Crippen LogP contribution in [0.4, 0.5) is 5.69 Å². The molecule has 0 aromatic carbocycles. The van der Waals surface area contributed by atoms with Gasteiger partial charge in [0.15, 0.2) is 5.82 Å². The Morgan fingerprint density at radius 3 is 3.15 bits per heavy atom. The normalized spacial score (nSPS) is 10.8. The minimum Gasteiger partial charge on any atom is -0.396 e. The van der Waals surface area contributed by atoms with Crippen molar-refractivity contribution in [3.05, 3.63) is 18.2 Å². The van der Waals surface area contributed by atoms with Gasteiger partial charge in [-0.05, 0) is 6.42 Å². The molecule has 0 aliphatic rings. The molecule has 0 saturated heterocycles. The summed E-state index contributed by atoms with van der Waals surface area (Å²) in [6.45, 7) is 2.09. The fourth-order valence-corrected chi connectivity index (χ4v) is 1.17. The molecule has 0 aliphatic carbocycles. The smallest absolute Gasteiger partial charge is 0.252 e. The number of nitrogen functional groups attached to an aromatic ring is 1. The van der Waals surface area contributed by atoms with Crippen LogP contribution in [0.3, 0.4) is 0 Å². The maximum absolute atomic E-state index is 5.56. The molecule has 2 rings (SSSR count). The zero-order chi connectivity index (χ0) is 9.26. The summed E-state index contributed by atoms with van der Waals surface area (Å²) in [6.07, 6.45) is 5.21. The van der Waals surface area contributed by atoms with Crippen LogP contribution in [-0.4, -0.2) is 19.6 Å². The second-order valence-corrected chi connectivity index (χ2v) is 2.91. The van der Waals surface area contributed by atoms with Crippen LogP contribution >= 0.6 is 0 Å². The number of anilines is 1. The Hall–Kier alpha value is -1.65. The van der Waals surface area contributed by atoms with Crippen molar-refractivity contribution in [2.24, 2.45) is 0 Å². The molecule has 0 amide bonds. The molecule has 0 atom stereocenters. The molecular formula is C8H11N5. The molecule has 0 aliphatic heterocycles. The number of nitrogens with two attached hydrogens (primary N) is 1. The van der Waals surface area contributed by atoms with E-state index in [9.17, 15) is 0 Å². The van der Waals surface area contributed by atoms with Crippen molar-refractivity contribution in [1.29, 1.82) is 0 Å². The molecule has 0 unspecified atom stereocenters. The summed E-state index contributed by atoms with van der Waals surface area (Å²) < 4.78 is 1.61. The van der Waals surface area contributed by atoms with E-state index in [4.69, 9.17) is 5.73 Å². The maximum Gasteiger partial charge on any atom is 0.252 e. The van der Waals surface area contributed by atoms with Gasteiger partial charge >= 0.3 is 0 Å². The predicted molar refractivity (Wildman–Crippen MR) is 49.2 cm³/mol. The SMILES string of the molecule is CCCc1nc2ncc(N)cn2n1. The number of hydrogen-bond acceptors (Lipinski definition) is 4. The topological polar surface area (TPSA) is 69.1 Å². The molecule has 2 N–H and O–H groups in total. The summed E-state index contributed by atoms with van der Waals surface area (Å²) in [5, 5.41) is 4.23. The van der Waals surface area contributed by atoms with Crippen LogP contribution in [0.25, 0.3) is 5.78 Å². The number of fused-ring (bicyclic) bond motifs is 1. The molecule has 2 heterocycles. The molecule has 68 valence electrons. The van der Waals surface area contributed by atoms with Crippen molar-refractivity contribution < 1.29 is 0 Å². The van der Waals surface area contributed by atoms with Crippen LogP contribution in [-0.2, 0) is 6.42 Å². The van der Waals surface area contributed by atoms with Gasteiger partial charge in [0.05, 0.1) is 18.1 Å². The molecule has 0 bridgehead atoms. The van der Waals surface area contributed by atoms with Gasteiger partial charge in [0.1, 0.15) is 0 Å². The molecule has 13 heavy (non-hydrogen) atoms. The highest BCUT2D eigenvalue weighted by Crippen LogP contribution is 2.03. The third-order valence-electron chi connectivity index (χ3n) is 1.73. The lowest BCUT2D eigenvalue weighted by Crippen LogP contribution is -1.94. The first-order chi connectivity index (χ1) is 6.29. The second kappa shape index (κ2) is 3.01. The van der Waals surface area contributed by atoms with Crippen molar-refractivity contribution in [3.63, 3.8) is 0 Å². The van der Waals surface area contributed by atoms with Gasteiger partial charge in [0.25, 0.3) is 5.78 Å². The Labute approximate surface area is 75.6 Å². The molecule has 5 heteroatoms. The molecule has 5 nitrogen and oxygen atoms in total. The van der Waals surface area contributed by atoms with E-state index in [0.29, 0.717) is 11.5 Å². The second-order valence-electron chi connectivity index (χ2n) is 2.91. The molecule has 2 aromatic heterocycles. The highest BCUT2D eigenvalue weighted by molar-refractivity contribution is 5.37. The lowest BCUT2D eigenvalue weighted by molar-refractivity contribution is 0.818. The lowest BCUT2D eigenvalue weighted by Gasteiger charge is -1.90. The fourth-order valence-electron chi connectivity index (χ4n) is 1.17. The van der Waals surface area contributed by atoms with E-state index in [0.717, 1.165) is 18.7 Å². The summed E-state index contributed by atoms with van der Waals surface area (Å²) in [7, 11) is 0. The van der Waals surface area contributed by atoms with Gasteiger partial charge in [0.2, 0.25) is 0 Å². The lowest BCUT2D eigenvalue weighted by atomic mass is 10.3. The molecule has 0 fully saturated rings. The van der Waals surface area contributed by atoms with Crippen molar-refractivity contribution >= 4 is 11.5 Å². The van der Waals surface area contributed by atoms with Crippen LogP contribution in [0.2, 0.25) is 0 Å². The molecule has 0 radical (unpaired) electrons. The van der Waals surface area contributed by atoms with Crippen LogP contribution in [0.1, 0.15) is 19.2 Å². The highest BCUT2D eigenvalue weighted by Gasteiger charge is 2.02. The first-order valence-electron chi connectivity index (χ1n) is 4.26. The number of nitrogens with zero attached hydrogens (tertiary/aromatic N) is 4. The summed E-state index contributed by atoms with van der Waals surface area (Å²) in [4.78, 5) is 8.28. The summed E-state index contributed by atoms with van der Waals surface area (Å²) in [5.41, 5.74) is 6.15. The van der Waals surface area contributed by atoms with Gasteiger partial charge < -0.3 is 5.73 Å². The Bertz CT molecular complexity index is 419. The van der Waals surface area contributed by atoms with Crippen molar-refractivity contribution in [2.75, 3.05) is 5.73 Å². The van der Waals surface area contributed by atoms with E-state index >= 15 is 0 Å². The third-order valence-corrected chi connectivity index (χ3v) is 1.73. The van der Waals surface area contributed by atoms with Crippen molar-refractivity contribution in [2.45, 2.75) is 19.8 Å². The fraction of sp³-hybridized carbons (Fsp3) is 0.375. The average molecular weight is 177 g/mol. The van der Waals surface area contributed by atoms with Gasteiger partial charge in [0, 0.05) is 6.42 Å². The minimum absolute atomic E-state index is 0.598. The Morgan fingerprint density at radius 2 is 2.38 bits per heavy atom. The van der Waals surface area contributed by atoms with Crippen molar-refractivity contribution in [3.8, 4) is 0 Å². The predicted octanol–water partition coefficient (Wildman–Crippen LogP) is 0.659. The van der Waals surface area contributed by atoms with Gasteiger partial charge in [-0.15, -0.1) is 5.10 Å². The molecule has 0 saturated carbocycles. The van der Waals surface area contributed by atoms with E-state index in [1.165, 1.54) is 0 Å². The van der Waals surface area contributed by atoms with Gasteiger partial charge in [-0.3, -0.25) is 0 Å². The maximum atomic E-state index is 5.56. The first kappa shape index (κ1) is 7.97. The van der Waals surface area contributed by atoms with Crippen LogP contribution in [0.15, 0.2) is 12.4 Å². The quantitative estimate of drug-likeness (QED) is 0.731. The zero-order valence-electron chi connectivity index (χ0n) is 7.44. The zero-order valence-corrected chi connectivity index (χ0v) is 7.44. The standard InChI is InChI=1S/C8H11N5/c1-2-3-7-11-8-10-4-6(9)5-13(8)12-7/h4-5H,2-3,9H2,1H3. The Kier molecular flexibility index (Phi) is 1.84. The van der Waals surface area contributed by atoms with Gasteiger partial charge in [-0.2, -0.15) is 4.98 Å². The van der Waals surface area contributed by atoms with Crippen LogP contribution in [0.5, 0.6) is 0 Å². The first-order valence-corrected chi connectivity index (χ1v) is 4.26. The molecule has 2 aromatic rings. The minimum atomic E-state index is 0.598. The Balaban J connectivity index is 2.49. The summed E-state index contributed by atoms with van der Waals surface area (Å²) in [6, 6.07) is 0. The number of hydrogen-bond donors (Lipinski definition) is 1. The van der Waals surface area contributed by atoms with Gasteiger partial charge in [-0.1, -0.05) is 6.92 Å². The van der Waals surface area contributed by atoms with Crippen LogP contribution < -0.4 is 5.73 Å². The van der Waals surface area contributed by atoms with Crippen molar-refractivity contribution in [1.82, 2.24) is 19.6 Å². The van der Waals surface area contributed by atoms with E-state index in [2.05, 4.69) is 22.0 Å². The van der Waals surface area contributed by atoms with Crippen LogP contribution in [0, 0.1) is 0 Å². The largest absolute Gasteiger partial charge is 0.396 e. The number of aryl methyl sites for hydroxylation is 1. The number of rotatable bonds is 2. The highest BCUT2D eigenvalue weighted by atomic mass is 15.3. The summed E-state index contributed by atoms with van der Waals surface area (Å²) >= 11 is 0. The van der Waals surface area contributed by atoms with E-state index in [1.54, 1.807) is 16.9 Å².